The Morgan fingerprint density at radius 3 is 1.96 bits per heavy atom. The average Bonchev–Trinajstić information content (AvgIpc) is 3.14. The third-order valence-electron chi connectivity index (χ3n) is 4.68. The predicted octanol–water partition coefficient (Wildman–Crippen LogP) is 4.75. The Balaban J connectivity index is 1.84. The SMILES string of the molecule is CC(C)(C)c1cc(OCc2ccc(-c3nnn[nH]3)cc2)cc(C(C)(C)C)c1O. The fourth-order valence-corrected chi connectivity index (χ4v) is 3.04. The first-order valence-corrected chi connectivity index (χ1v) is 9.39. The highest BCUT2D eigenvalue weighted by atomic mass is 16.5. The van der Waals surface area contributed by atoms with Crippen LogP contribution >= 0.6 is 0 Å². The van der Waals surface area contributed by atoms with Crippen molar-refractivity contribution in [3.63, 3.8) is 0 Å². The van der Waals surface area contributed by atoms with Gasteiger partial charge in [0.15, 0.2) is 5.82 Å². The van der Waals surface area contributed by atoms with E-state index in [1.54, 1.807) is 0 Å². The Kier molecular flexibility index (Phi) is 5.15. The van der Waals surface area contributed by atoms with Gasteiger partial charge in [-0.05, 0) is 39.0 Å². The average molecular weight is 380 g/mol. The Labute approximate surface area is 166 Å². The molecule has 6 heteroatoms. The van der Waals surface area contributed by atoms with Crippen molar-refractivity contribution in [3.05, 3.63) is 53.1 Å². The molecule has 0 atom stereocenters. The zero-order valence-corrected chi connectivity index (χ0v) is 17.4. The summed E-state index contributed by atoms with van der Waals surface area (Å²) in [5.74, 6) is 1.75. The molecule has 6 nitrogen and oxygen atoms in total. The monoisotopic (exact) mass is 380 g/mol. The number of phenols is 1. The molecule has 0 aliphatic rings. The third-order valence-corrected chi connectivity index (χ3v) is 4.68. The number of aromatic nitrogens is 4. The Morgan fingerprint density at radius 1 is 0.929 bits per heavy atom. The Hall–Kier alpha value is -2.89. The zero-order valence-electron chi connectivity index (χ0n) is 17.4. The van der Waals surface area contributed by atoms with Crippen LogP contribution in [0.2, 0.25) is 0 Å². The lowest BCUT2D eigenvalue weighted by Crippen LogP contribution is -2.17. The van der Waals surface area contributed by atoms with Crippen LogP contribution in [0, 0.1) is 0 Å². The van der Waals surface area contributed by atoms with Crippen molar-refractivity contribution in [2.75, 3.05) is 0 Å². The number of tetrazole rings is 1. The molecule has 0 fully saturated rings. The summed E-state index contributed by atoms with van der Waals surface area (Å²) in [6, 6.07) is 11.8. The van der Waals surface area contributed by atoms with Gasteiger partial charge in [0.2, 0.25) is 0 Å². The summed E-state index contributed by atoms with van der Waals surface area (Å²) >= 11 is 0. The normalized spacial score (nSPS) is 12.2. The Bertz CT molecular complexity index is 899. The highest BCUT2D eigenvalue weighted by molar-refractivity contribution is 5.54. The number of H-pyrrole nitrogens is 1. The second kappa shape index (κ2) is 7.26. The number of hydrogen-bond acceptors (Lipinski definition) is 5. The molecule has 0 aliphatic heterocycles. The topological polar surface area (TPSA) is 83.9 Å². The second-order valence-corrected chi connectivity index (χ2v) is 9.10. The van der Waals surface area contributed by atoms with E-state index in [1.165, 1.54) is 0 Å². The largest absolute Gasteiger partial charge is 0.507 e. The molecule has 0 radical (unpaired) electrons. The van der Waals surface area contributed by atoms with Crippen LogP contribution in [0.1, 0.15) is 58.2 Å². The lowest BCUT2D eigenvalue weighted by atomic mass is 9.79. The van der Waals surface area contributed by atoms with Crippen molar-refractivity contribution in [1.82, 2.24) is 20.6 Å². The van der Waals surface area contributed by atoms with E-state index in [9.17, 15) is 5.11 Å². The molecule has 0 amide bonds. The van der Waals surface area contributed by atoms with Gasteiger partial charge in [0.25, 0.3) is 0 Å². The van der Waals surface area contributed by atoms with E-state index < -0.39 is 0 Å². The maximum Gasteiger partial charge on any atom is 0.179 e. The maximum atomic E-state index is 10.8. The predicted molar refractivity (Wildman–Crippen MR) is 109 cm³/mol. The second-order valence-electron chi connectivity index (χ2n) is 9.10. The number of aromatic amines is 1. The number of aromatic hydroxyl groups is 1. The highest BCUT2D eigenvalue weighted by Gasteiger charge is 2.27. The lowest BCUT2D eigenvalue weighted by Gasteiger charge is -2.28. The van der Waals surface area contributed by atoms with Gasteiger partial charge in [-0.25, -0.2) is 5.10 Å². The zero-order chi connectivity index (χ0) is 20.5. The summed E-state index contributed by atoms with van der Waals surface area (Å²) in [6.45, 7) is 13.0. The van der Waals surface area contributed by atoms with Crippen molar-refractivity contribution in [2.45, 2.75) is 59.0 Å². The smallest absolute Gasteiger partial charge is 0.179 e. The van der Waals surface area contributed by atoms with E-state index in [0.29, 0.717) is 18.2 Å². The molecule has 2 aromatic carbocycles. The van der Waals surface area contributed by atoms with Crippen LogP contribution in [-0.2, 0) is 17.4 Å². The molecular formula is C22H28N4O2. The molecule has 28 heavy (non-hydrogen) atoms. The molecule has 0 saturated carbocycles. The summed E-state index contributed by atoms with van der Waals surface area (Å²) in [6.07, 6.45) is 0. The van der Waals surface area contributed by atoms with Crippen LogP contribution in [0.15, 0.2) is 36.4 Å². The minimum absolute atomic E-state index is 0.184. The van der Waals surface area contributed by atoms with Gasteiger partial charge in [-0.1, -0.05) is 65.8 Å². The first-order valence-electron chi connectivity index (χ1n) is 9.39. The van der Waals surface area contributed by atoms with Gasteiger partial charge < -0.3 is 9.84 Å². The van der Waals surface area contributed by atoms with Crippen molar-refractivity contribution >= 4 is 0 Å². The Morgan fingerprint density at radius 2 is 1.50 bits per heavy atom. The minimum atomic E-state index is -0.184. The molecule has 2 N–H and O–H groups in total. The summed E-state index contributed by atoms with van der Waals surface area (Å²) in [5.41, 5.74) is 3.38. The van der Waals surface area contributed by atoms with E-state index in [1.807, 2.05) is 36.4 Å². The maximum absolute atomic E-state index is 10.8. The number of ether oxygens (including phenoxy) is 1. The van der Waals surface area contributed by atoms with Gasteiger partial charge in [-0.15, -0.1) is 5.10 Å². The molecule has 0 saturated heterocycles. The molecular weight excluding hydrogens is 352 g/mol. The van der Waals surface area contributed by atoms with Crippen molar-refractivity contribution < 1.29 is 9.84 Å². The summed E-state index contributed by atoms with van der Waals surface area (Å²) < 4.78 is 6.09. The van der Waals surface area contributed by atoms with Gasteiger partial charge >= 0.3 is 0 Å². The molecule has 0 unspecified atom stereocenters. The number of benzene rings is 2. The molecule has 0 aliphatic carbocycles. The fraction of sp³-hybridized carbons (Fsp3) is 0.409. The molecule has 148 valence electrons. The quantitative estimate of drug-likeness (QED) is 0.682. The van der Waals surface area contributed by atoms with Crippen molar-refractivity contribution in [2.24, 2.45) is 0 Å². The van der Waals surface area contributed by atoms with Gasteiger partial charge in [0.05, 0.1) is 0 Å². The van der Waals surface area contributed by atoms with Crippen molar-refractivity contribution in [3.8, 4) is 22.9 Å². The van der Waals surface area contributed by atoms with Crippen LogP contribution in [0.5, 0.6) is 11.5 Å². The van der Waals surface area contributed by atoms with E-state index in [4.69, 9.17) is 4.74 Å². The van der Waals surface area contributed by atoms with Gasteiger partial charge in [-0.2, -0.15) is 0 Å². The van der Waals surface area contributed by atoms with Crippen LogP contribution in [0.3, 0.4) is 0 Å². The number of phenolic OH excluding ortho intramolecular Hbond substituents is 1. The lowest BCUT2D eigenvalue weighted by molar-refractivity contribution is 0.302. The van der Waals surface area contributed by atoms with Crippen LogP contribution < -0.4 is 4.74 Å². The summed E-state index contributed by atoms with van der Waals surface area (Å²) in [5, 5.41) is 24.7. The number of rotatable bonds is 4. The van der Waals surface area contributed by atoms with Crippen molar-refractivity contribution in [1.29, 1.82) is 0 Å². The highest BCUT2D eigenvalue weighted by Crippen LogP contribution is 2.41. The number of nitrogens with zero attached hydrogens (tertiary/aromatic N) is 3. The molecule has 1 aromatic heterocycles. The van der Waals surface area contributed by atoms with Gasteiger partial charge in [0, 0.05) is 16.7 Å². The first-order chi connectivity index (χ1) is 13.1. The van der Waals surface area contributed by atoms with E-state index in [-0.39, 0.29) is 10.8 Å². The van der Waals surface area contributed by atoms with Crippen LogP contribution in [0.25, 0.3) is 11.4 Å². The number of nitrogens with one attached hydrogen (secondary N) is 1. The molecule has 0 spiro atoms. The van der Waals surface area contributed by atoms with E-state index in [0.717, 1.165) is 28.0 Å². The standard InChI is InChI=1S/C22H28N4O2/c1-21(2,3)17-11-16(12-18(19(17)27)22(4,5)6)28-13-14-7-9-15(10-8-14)20-23-25-26-24-20/h7-12,27H,13H2,1-6H3,(H,23,24,25,26). The van der Waals surface area contributed by atoms with Crippen LogP contribution in [0.4, 0.5) is 0 Å². The van der Waals surface area contributed by atoms with Gasteiger partial charge in [-0.3, -0.25) is 0 Å². The molecule has 3 rings (SSSR count). The van der Waals surface area contributed by atoms with E-state index >= 15 is 0 Å². The van der Waals surface area contributed by atoms with Crippen LogP contribution in [-0.4, -0.2) is 25.7 Å². The van der Waals surface area contributed by atoms with E-state index in [2.05, 4.69) is 62.2 Å². The third kappa shape index (κ3) is 4.32. The summed E-state index contributed by atoms with van der Waals surface area (Å²) in [7, 11) is 0. The first kappa shape index (κ1) is 19.9. The molecule has 1 heterocycles. The minimum Gasteiger partial charge on any atom is -0.507 e. The fourth-order valence-electron chi connectivity index (χ4n) is 3.04. The summed E-state index contributed by atoms with van der Waals surface area (Å²) in [4.78, 5) is 0. The number of hydrogen-bond donors (Lipinski definition) is 2. The molecule has 0 bridgehead atoms. The van der Waals surface area contributed by atoms with Gasteiger partial charge in [0.1, 0.15) is 18.1 Å². The molecule has 3 aromatic rings.